The number of hydrogen-bond donors (Lipinski definition) is 2. The first kappa shape index (κ1) is 17.0. The molecule has 8 heteroatoms. The Hall–Kier alpha value is -2.87. The summed E-state index contributed by atoms with van der Waals surface area (Å²) in [5.41, 5.74) is 7.22. The molecule has 0 saturated heterocycles. The van der Waals surface area contributed by atoms with Crippen molar-refractivity contribution in [1.82, 2.24) is 9.78 Å². The maximum absolute atomic E-state index is 12.4. The summed E-state index contributed by atoms with van der Waals surface area (Å²) in [5, 5.41) is 6.90. The molecule has 0 fully saturated rings. The van der Waals surface area contributed by atoms with Crippen molar-refractivity contribution in [2.75, 3.05) is 5.32 Å². The highest BCUT2D eigenvalue weighted by Gasteiger charge is 2.19. The lowest BCUT2D eigenvalue weighted by Gasteiger charge is -2.07. The van der Waals surface area contributed by atoms with Gasteiger partial charge in [-0.1, -0.05) is 0 Å². The van der Waals surface area contributed by atoms with E-state index in [-0.39, 0.29) is 11.6 Å². The van der Waals surface area contributed by atoms with E-state index in [0.717, 1.165) is 5.69 Å². The first-order valence-corrected chi connectivity index (χ1v) is 8.19. The average molecular weight is 403 g/mol. The molecular formula is C17H15BrN4O3. The molecule has 3 aromatic rings. The van der Waals surface area contributed by atoms with Crippen molar-refractivity contribution in [2.24, 2.45) is 5.73 Å². The molecule has 0 aliphatic carbocycles. The van der Waals surface area contributed by atoms with Crippen molar-refractivity contribution in [1.29, 1.82) is 0 Å². The van der Waals surface area contributed by atoms with Gasteiger partial charge in [-0.25, -0.2) is 4.68 Å². The number of amides is 2. The maximum Gasteiger partial charge on any atom is 0.269 e. The zero-order chi connectivity index (χ0) is 18.1. The predicted molar refractivity (Wildman–Crippen MR) is 95.9 cm³/mol. The maximum atomic E-state index is 12.4. The minimum absolute atomic E-state index is 0.188. The number of halogens is 1. The summed E-state index contributed by atoms with van der Waals surface area (Å²) >= 11 is 3.37. The van der Waals surface area contributed by atoms with Crippen LogP contribution in [0.3, 0.4) is 0 Å². The second kappa shape index (κ2) is 6.56. The van der Waals surface area contributed by atoms with Gasteiger partial charge in [-0.3, -0.25) is 9.59 Å². The van der Waals surface area contributed by atoms with Gasteiger partial charge >= 0.3 is 0 Å². The molecule has 0 atom stereocenters. The summed E-state index contributed by atoms with van der Waals surface area (Å²) in [6.45, 7) is 3.52. The first-order valence-electron chi connectivity index (χ1n) is 7.39. The van der Waals surface area contributed by atoms with Gasteiger partial charge in [0.15, 0.2) is 0 Å². The van der Waals surface area contributed by atoms with E-state index < -0.39 is 5.91 Å². The zero-order valence-electron chi connectivity index (χ0n) is 13.5. The lowest BCUT2D eigenvalue weighted by atomic mass is 10.2. The Labute approximate surface area is 151 Å². The van der Waals surface area contributed by atoms with Crippen LogP contribution in [-0.2, 0) is 0 Å². The fourth-order valence-corrected chi connectivity index (χ4v) is 2.95. The van der Waals surface area contributed by atoms with E-state index in [2.05, 4.69) is 26.3 Å². The molecule has 0 bridgehead atoms. The molecule has 3 rings (SSSR count). The molecule has 2 amide bonds. The normalized spacial score (nSPS) is 10.7. The van der Waals surface area contributed by atoms with Gasteiger partial charge in [-0.2, -0.15) is 5.10 Å². The Kier molecular flexibility index (Phi) is 4.45. The van der Waals surface area contributed by atoms with Crippen LogP contribution in [0.25, 0.3) is 5.69 Å². The quantitative estimate of drug-likeness (QED) is 0.698. The van der Waals surface area contributed by atoms with Gasteiger partial charge in [0.2, 0.25) is 0 Å². The fraction of sp³-hybridized carbons (Fsp3) is 0.118. The van der Waals surface area contributed by atoms with E-state index in [1.165, 1.54) is 4.68 Å². The number of furan rings is 1. The van der Waals surface area contributed by atoms with Crippen molar-refractivity contribution in [3.63, 3.8) is 0 Å². The van der Waals surface area contributed by atoms with Crippen molar-refractivity contribution in [3.05, 3.63) is 63.8 Å². The SMILES string of the molecule is Cc1oc(C)c(C(=O)Nc2ccc(-n3ccc(C(N)=O)n3)cc2)c1Br. The van der Waals surface area contributed by atoms with Gasteiger partial charge in [0.05, 0.1) is 15.7 Å². The second-order valence-electron chi connectivity index (χ2n) is 5.41. The number of aromatic nitrogens is 2. The van der Waals surface area contributed by atoms with Crippen LogP contribution < -0.4 is 11.1 Å². The topological polar surface area (TPSA) is 103 Å². The molecule has 2 heterocycles. The average Bonchev–Trinajstić information content (AvgIpc) is 3.14. The van der Waals surface area contributed by atoms with E-state index in [1.54, 1.807) is 50.4 Å². The Balaban J connectivity index is 1.78. The molecule has 0 saturated carbocycles. The van der Waals surface area contributed by atoms with Crippen LogP contribution in [0.2, 0.25) is 0 Å². The summed E-state index contributed by atoms with van der Waals surface area (Å²) in [6, 6.07) is 8.58. The summed E-state index contributed by atoms with van der Waals surface area (Å²) in [5.74, 6) is 0.360. The molecule has 1 aromatic carbocycles. The number of primary amides is 1. The molecule has 128 valence electrons. The van der Waals surface area contributed by atoms with E-state index >= 15 is 0 Å². The van der Waals surface area contributed by atoms with Crippen LogP contribution in [0.4, 0.5) is 5.69 Å². The Morgan fingerprint density at radius 1 is 1.16 bits per heavy atom. The third-order valence-corrected chi connectivity index (χ3v) is 4.60. The number of anilines is 1. The van der Waals surface area contributed by atoms with Crippen LogP contribution in [0.15, 0.2) is 45.4 Å². The number of nitrogens with zero attached hydrogens (tertiary/aromatic N) is 2. The van der Waals surface area contributed by atoms with Gasteiger partial charge in [0.25, 0.3) is 11.8 Å². The Morgan fingerprint density at radius 3 is 2.36 bits per heavy atom. The third-order valence-electron chi connectivity index (χ3n) is 3.65. The third kappa shape index (κ3) is 3.34. The minimum Gasteiger partial charge on any atom is -0.465 e. The number of benzene rings is 1. The van der Waals surface area contributed by atoms with E-state index in [9.17, 15) is 9.59 Å². The lowest BCUT2D eigenvalue weighted by molar-refractivity contribution is 0.0992. The number of aryl methyl sites for hydroxylation is 2. The van der Waals surface area contributed by atoms with Gasteiger partial charge in [-0.15, -0.1) is 0 Å². The molecule has 0 aliphatic heterocycles. The number of carbonyl (C=O) groups excluding carboxylic acids is 2. The van der Waals surface area contributed by atoms with Crippen LogP contribution in [-0.4, -0.2) is 21.6 Å². The molecular weight excluding hydrogens is 388 g/mol. The molecule has 0 aliphatic rings. The van der Waals surface area contributed by atoms with Crippen molar-refractivity contribution >= 4 is 33.4 Å². The van der Waals surface area contributed by atoms with Gasteiger partial charge in [0.1, 0.15) is 17.2 Å². The van der Waals surface area contributed by atoms with Crippen LogP contribution in [0.5, 0.6) is 0 Å². The molecule has 25 heavy (non-hydrogen) atoms. The van der Waals surface area contributed by atoms with Gasteiger partial charge < -0.3 is 15.5 Å². The predicted octanol–water partition coefficient (Wildman–Crippen LogP) is 3.20. The molecule has 0 spiro atoms. The number of carbonyl (C=O) groups is 2. The van der Waals surface area contributed by atoms with Crippen LogP contribution >= 0.6 is 15.9 Å². The largest absolute Gasteiger partial charge is 0.465 e. The number of nitrogens with one attached hydrogen (secondary N) is 1. The highest BCUT2D eigenvalue weighted by molar-refractivity contribution is 9.10. The molecule has 0 unspecified atom stereocenters. The zero-order valence-corrected chi connectivity index (χ0v) is 15.1. The monoisotopic (exact) mass is 402 g/mol. The van der Waals surface area contributed by atoms with Crippen molar-refractivity contribution in [3.8, 4) is 5.69 Å². The molecule has 0 radical (unpaired) electrons. The standard InChI is InChI=1S/C17H15BrN4O3/c1-9-14(15(18)10(2)25-9)17(24)20-11-3-5-12(6-4-11)22-8-7-13(21-22)16(19)23/h3-8H,1-2H3,(H2,19,23)(H,20,24). The summed E-state index contributed by atoms with van der Waals surface area (Å²) < 4.78 is 7.63. The molecule has 3 N–H and O–H groups in total. The van der Waals surface area contributed by atoms with Crippen LogP contribution in [0, 0.1) is 13.8 Å². The lowest BCUT2D eigenvalue weighted by Crippen LogP contribution is -2.13. The summed E-state index contributed by atoms with van der Waals surface area (Å²) in [6.07, 6.45) is 1.64. The van der Waals surface area contributed by atoms with Gasteiger partial charge in [0, 0.05) is 11.9 Å². The Bertz CT molecular complexity index is 957. The molecule has 7 nitrogen and oxygen atoms in total. The van der Waals surface area contributed by atoms with Gasteiger partial charge in [-0.05, 0) is 60.1 Å². The van der Waals surface area contributed by atoms with Crippen molar-refractivity contribution in [2.45, 2.75) is 13.8 Å². The highest BCUT2D eigenvalue weighted by Crippen LogP contribution is 2.28. The van der Waals surface area contributed by atoms with E-state index in [4.69, 9.17) is 10.2 Å². The number of hydrogen-bond acceptors (Lipinski definition) is 4. The number of rotatable bonds is 4. The second-order valence-corrected chi connectivity index (χ2v) is 6.21. The molecule has 2 aromatic heterocycles. The summed E-state index contributed by atoms with van der Waals surface area (Å²) in [7, 11) is 0. The smallest absolute Gasteiger partial charge is 0.269 e. The summed E-state index contributed by atoms with van der Waals surface area (Å²) in [4.78, 5) is 23.5. The first-order chi connectivity index (χ1) is 11.9. The highest BCUT2D eigenvalue weighted by atomic mass is 79.9. The number of nitrogens with two attached hydrogens (primary N) is 1. The minimum atomic E-state index is -0.584. The van der Waals surface area contributed by atoms with Crippen LogP contribution in [0.1, 0.15) is 32.4 Å². The van der Waals surface area contributed by atoms with Crippen molar-refractivity contribution < 1.29 is 14.0 Å². The van der Waals surface area contributed by atoms with E-state index in [0.29, 0.717) is 27.2 Å². The fourth-order valence-electron chi connectivity index (χ4n) is 2.41. The Morgan fingerprint density at radius 2 is 1.84 bits per heavy atom. The van der Waals surface area contributed by atoms with E-state index in [1.807, 2.05) is 0 Å².